The Labute approximate surface area is 98.4 Å². The summed E-state index contributed by atoms with van der Waals surface area (Å²) in [5.74, 6) is 0. The van der Waals surface area contributed by atoms with Crippen molar-refractivity contribution in [3.05, 3.63) is 0 Å². The second kappa shape index (κ2) is 5.02. The van der Waals surface area contributed by atoms with Crippen LogP contribution in [0.1, 0.15) is 39.0 Å². The normalized spacial score (nSPS) is 23.9. The number of nitrogens with one attached hydrogen (secondary N) is 1. The van der Waals surface area contributed by atoms with Crippen LogP contribution in [0.15, 0.2) is 0 Å². The van der Waals surface area contributed by atoms with Crippen molar-refractivity contribution in [3.8, 4) is 0 Å². The first-order valence-corrected chi connectivity index (χ1v) is 7.88. The molecule has 0 spiro atoms. The molecule has 2 rings (SSSR count). The minimum atomic E-state index is -3.03. The maximum absolute atomic E-state index is 12.5. The molecule has 0 radical (unpaired) electrons. The van der Waals surface area contributed by atoms with E-state index in [2.05, 4.69) is 5.32 Å². The Morgan fingerprint density at radius 2 is 1.88 bits per heavy atom. The van der Waals surface area contributed by atoms with Gasteiger partial charge in [-0.15, -0.1) is 0 Å². The molecule has 0 aromatic carbocycles. The molecule has 0 amide bonds. The summed E-state index contributed by atoms with van der Waals surface area (Å²) in [6.07, 6.45) is 4.79. The Bertz CT molecular complexity index is 319. The molecule has 0 aromatic heterocycles. The minimum Gasteiger partial charge on any atom is -0.313 e. The van der Waals surface area contributed by atoms with E-state index in [4.69, 9.17) is 0 Å². The fraction of sp³-hybridized carbons (Fsp3) is 1.00. The smallest absolute Gasteiger partial charge is 0.217 e. The van der Waals surface area contributed by atoms with E-state index in [1.165, 1.54) is 0 Å². The Balaban J connectivity index is 2.10. The fourth-order valence-corrected chi connectivity index (χ4v) is 4.91. The molecule has 0 bridgehead atoms. The summed E-state index contributed by atoms with van der Waals surface area (Å²) >= 11 is 0. The molecule has 1 saturated heterocycles. The van der Waals surface area contributed by atoms with Crippen LogP contribution in [-0.4, -0.2) is 43.6 Å². The van der Waals surface area contributed by atoms with E-state index in [0.717, 1.165) is 45.2 Å². The lowest BCUT2D eigenvalue weighted by Gasteiger charge is -2.38. The first-order valence-electron chi connectivity index (χ1n) is 6.37. The second-order valence-corrected chi connectivity index (χ2v) is 7.04. The van der Waals surface area contributed by atoms with Crippen LogP contribution >= 0.6 is 0 Å². The van der Waals surface area contributed by atoms with Crippen LogP contribution in [0, 0.1) is 0 Å². The van der Waals surface area contributed by atoms with E-state index in [-0.39, 0.29) is 11.3 Å². The van der Waals surface area contributed by atoms with Gasteiger partial charge in [0.2, 0.25) is 10.0 Å². The molecular formula is C11H22N2O2S. The molecule has 0 unspecified atom stereocenters. The maximum Gasteiger partial charge on any atom is 0.217 e. The topological polar surface area (TPSA) is 49.4 Å². The van der Waals surface area contributed by atoms with E-state index < -0.39 is 10.0 Å². The van der Waals surface area contributed by atoms with E-state index in [9.17, 15) is 8.42 Å². The van der Waals surface area contributed by atoms with Gasteiger partial charge in [0.15, 0.2) is 0 Å². The van der Waals surface area contributed by atoms with Gasteiger partial charge in [-0.25, -0.2) is 8.42 Å². The SMILES string of the molecule is CCCN(C1CNC1)S(=O)(=O)C1CCCC1. The summed E-state index contributed by atoms with van der Waals surface area (Å²) in [5.41, 5.74) is 0. The first kappa shape index (κ1) is 12.3. The highest BCUT2D eigenvalue weighted by Gasteiger charge is 2.39. The Morgan fingerprint density at radius 3 is 2.31 bits per heavy atom. The third-order valence-corrected chi connectivity index (χ3v) is 6.11. The van der Waals surface area contributed by atoms with Crippen LogP contribution in [-0.2, 0) is 10.0 Å². The van der Waals surface area contributed by atoms with Crippen molar-refractivity contribution in [1.29, 1.82) is 0 Å². The largest absolute Gasteiger partial charge is 0.313 e. The second-order valence-electron chi connectivity index (χ2n) is 4.87. The van der Waals surface area contributed by atoms with Crippen LogP contribution in [0.2, 0.25) is 0 Å². The van der Waals surface area contributed by atoms with Gasteiger partial charge in [0.05, 0.1) is 5.25 Å². The minimum absolute atomic E-state index is 0.0975. The molecule has 1 heterocycles. The van der Waals surface area contributed by atoms with Gasteiger partial charge in [-0.1, -0.05) is 19.8 Å². The van der Waals surface area contributed by atoms with Gasteiger partial charge in [-0.3, -0.25) is 0 Å². The average Bonchev–Trinajstić information content (AvgIpc) is 2.67. The van der Waals surface area contributed by atoms with Crippen molar-refractivity contribution in [2.75, 3.05) is 19.6 Å². The van der Waals surface area contributed by atoms with Crippen molar-refractivity contribution in [2.45, 2.75) is 50.3 Å². The third-order valence-electron chi connectivity index (χ3n) is 3.66. The molecule has 4 nitrogen and oxygen atoms in total. The number of rotatable bonds is 5. The maximum atomic E-state index is 12.5. The van der Waals surface area contributed by atoms with Gasteiger partial charge in [-0.05, 0) is 19.3 Å². The molecular weight excluding hydrogens is 224 g/mol. The van der Waals surface area contributed by atoms with E-state index in [1.54, 1.807) is 4.31 Å². The Morgan fingerprint density at radius 1 is 1.25 bits per heavy atom. The lowest BCUT2D eigenvalue weighted by Crippen LogP contribution is -2.60. The van der Waals surface area contributed by atoms with Crippen LogP contribution in [0.3, 0.4) is 0 Å². The molecule has 0 atom stereocenters. The zero-order valence-corrected chi connectivity index (χ0v) is 10.8. The molecule has 16 heavy (non-hydrogen) atoms. The first-order chi connectivity index (χ1) is 7.66. The van der Waals surface area contributed by atoms with Crippen LogP contribution in [0.25, 0.3) is 0 Å². The number of hydrogen-bond acceptors (Lipinski definition) is 3. The lowest BCUT2D eigenvalue weighted by molar-refractivity contribution is 0.239. The molecule has 1 saturated carbocycles. The molecule has 1 aliphatic heterocycles. The van der Waals surface area contributed by atoms with Gasteiger partial charge in [0, 0.05) is 25.7 Å². The predicted octanol–water partition coefficient (Wildman–Crippen LogP) is 0.943. The van der Waals surface area contributed by atoms with Crippen molar-refractivity contribution < 1.29 is 8.42 Å². The Kier molecular flexibility index (Phi) is 3.87. The lowest BCUT2D eigenvalue weighted by atomic mass is 10.2. The van der Waals surface area contributed by atoms with Crippen LogP contribution in [0.4, 0.5) is 0 Å². The molecule has 2 fully saturated rings. The monoisotopic (exact) mass is 246 g/mol. The van der Waals surface area contributed by atoms with Gasteiger partial charge >= 0.3 is 0 Å². The zero-order valence-electron chi connectivity index (χ0n) is 9.98. The number of hydrogen-bond donors (Lipinski definition) is 1. The average molecular weight is 246 g/mol. The quantitative estimate of drug-likeness (QED) is 0.785. The zero-order chi connectivity index (χ0) is 11.6. The molecule has 1 aliphatic carbocycles. The molecule has 2 aliphatic rings. The third kappa shape index (κ3) is 2.26. The molecule has 94 valence electrons. The van der Waals surface area contributed by atoms with Gasteiger partial charge in [0.25, 0.3) is 0 Å². The summed E-state index contributed by atoms with van der Waals surface area (Å²) in [5, 5.41) is 3.06. The summed E-state index contributed by atoms with van der Waals surface area (Å²) in [6.45, 7) is 4.38. The van der Waals surface area contributed by atoms with Gasteiger partial charge in [0.1, 0.15) is 0 Å². The molecule has 0 aromatic rings. The highest BCUT2D eigenvalue weighted by atomic mass is 32.2. The predicted molar refractivity (Wildman–Crippen MR) is 64.8 cm³/mol. The standard InChI is InChI=1S/C11H22N2O2S/c1-2-7-13(10-8-12-9-10)16(14,15)11-5-3-4-6-11/h10-12H,2-9H2,1H3. The molecule has 1 N–H and O–H groups in total. The van der Waals surface area contributed by atoms with Crippen molar-refractivity contribution in [1.82, 2.24) is 9.62 Å². The van der Waals surface area contributed by atoms with E-state index in [0.29, 0.717) is 6.54 Å². The molecule has 5 heteroatoms. The van der Waals surface area contributed by atoms with E-state index in [1.807, 2.05) is 6.92 Å². The van der Waals surface area contributed by atoms with E-state index >= 15 is 0 Å². The fourth-order valence-electron chi connectivity index (χ4n) is 2.59. The van der Waals surface area contributed by atoms with Crippen molar-refractivity contribution in [2.24, 2.45) is 0 Å². The summed E-state index contributed by atoms with van der Waals surface area (Å²) in [6, 6.07) is 0.213. The highest BCUT2D eigenvalue weighted by molar-refractivity contribution is 7.89. The van der Waals surface area contributed by atoms with Crippen molar-refractivity contribution >= 4 is 10.0 Å². The number of sulfonamides is 1. The number of nitrogens with zero attached hydrogens (tertiary/aromatic N) is 1. The van der Waals surface area contributed by atoms with Crippen LogP contribution in [0.5, 0.6) is 0 Å². The summed E-state index contributed by atoms with van der Waals surface area (Å²) in [7, 11) is -3.03. The Hall–Kier alpha value is -0.130. The van der Waals surface area contributed by atoms with Gasteiger partial charge < -0.3 is 5.32 Å². The summed E-state index contributed by atoms with van der Waals surface area (Å²) in [4.78, 5) is 0. The highest BCUT2D eigenvalue weighted by Crippen LogP contribution is 2.28. The summed E-state index contributed by atoms with van der Waals surface area (Å²) < 4.78 is 26.7. The van der Waals surface area contributed by atoms with Gasteiger partial charge in [-0.2, -0.15) is 4.31 Å². The van der Waals surface area contributed by atoms with Crippen LogP contribution < -0.4 is 5.32 Å². The van der Waals surface area contributed by atoms with Crippen molar-refractivity contribution in [3.63, 3.8) is 0 Å².